The van der Waals surface area contributed by atoms with Crippen LogP contribution in [0.1, 0.15) is 17.3 Å². The molecule has 0 spiro atoms. The lowest BCUT2D eigenvalue weighted by Crippen LogP contribution is -2.09. The summed E-state index contributed by atoms with van der Waals surface area (Å²) >= 11 is 4.98. The molecule has 3 heteroatoms. The van der Waals surface area contributed by atoms with Crippen molar-refractivity contribution in [3.63, 3.8) is 0 Å². The number of carbonyl (C=O) groups is 1. The molecular weight excluding hydrogens is 272 g/mol. The smallest absolute Gasteiger partial charge is 0.176 e. The predicted molar refractivity (Wildman–Crippen MR) is 70.1 cm³/mol. The van der Waals surface area contributed by atoms with Crippen molar-refractivity contribution >= 4 is 33.5 Å². The number of Topliss-reactive ketones (excluding diaryl/α,β-unsaturated/α-hetero) is 1. The molecule has 0 bridgehead atoms. The minimum Gasteiger partial charge on any atom is -0.293 e. The number of alkyl halides is 1. The van der Waals surface area contributed by atoms with Crippen molar-refractivity contribution in [2.75, 3.05) is 5.75 Å². The second-order valence-electron chi connectivity index (χ2n) is 3.10. The van der Waals surface area contributed by atoms with Crippen LogP contribution in [0.25, 0.3) is 0 Å². The number of halogens is 1. The van der Waals surface area contributed by atoms with Crippen molar-refractivity contribution in [1.29, 1.82) is 0 Å². The second-order valence-corrected chi connectivity index (χ2v) is 5.57. The Morgan fingerprint density at radius 3 is 2.60 bits per heavy atom. The van der Waals surface area contributed by atoms with Gasteiger partial charge in [-0.1, -0.05) is 34.1 Å². The number of carbonyl (C=O) groups excluding carboxylic acids is 1. The van der Waals surface area contributed by atoms with Crippen LogP contribution in [-0.4, -0.2) is 16.4 Å². The molecule has 1 rings (SSSR count). The van der Waals surface area contributed by atoms with E-state index in [1.807, 2.05) is 37.3 Å². The van der Waals surface area contributed by atoms with Crippen LogP contribution in [0.15, 0.2) is 41.8 Å². The summed E-state index contributed by atoms with van der Waals surface area (Å²) in [6, 6.07) is 7.67. The van der Waals surface area contributed by atoms with Crippen molar-refractivity contribution in [3.05, 3.63) is 42.5 Å². The van der Waals surface area contributed by atoms with Gasteiger partial charge in [0.25, 0.3) is 0 Å². The van der Waals surface area contributed by atoms with E-state index in [-0.39, 0.29) is 10.6 Å². The number of ketones is 1. The highest BCUT2D eigenvalue weighted by atomic mass is 79.9. The fourth-order valence-electron chi connectivity index (χ4n) is 1.10. The Morgan fingerprint density at radius 1 is 1.53 bits per heavy atom. The summed E-state index contributed by atoms with van der Waals surface area (Å²) in [5.74, 6) is 1.01. The average molecular weight is 285 g/mol. The molecule has 0 aromatic heterocycles. The Hall–Kier alpha value is -0.540. The van der Waals surface area contributed by atoms with E-state index in [1.54, 1.807) is 11.8 Å². The summed E-state index contributed by atoms with van der Waals surface area (Å²) in [6.07, 6.45) is 1.87. The van der Waals surface area contributed by atoms with Gasteiger partial charge in [-0.25, -0.2) is 0 Å². The van der Waals surface area contributed by atoms with E-state index >= 15 is 0 Å². The van der Waals surface area contributed by atoms with Gasteiger partial charge >= 0.3 is 0 Å². The normalized spacial score (nSPS) is 12.1. The van der Waals surface area contributed by atoms with Crippen LogP contribution in [0.3, 0.4) is 0 Å². The summed E-state index contributed by atoms with van der Waals surface area (Å²) in [4.78, 5) is 12.6. The topological polar surface area (TPSA) is 17.1 Å². The average Bonchev–Trinajstić information content (AvgIpc) is 2.26. The first kappa shape index (κ1) is 12.5. The largest absolute Gasteiger partial charge is 0.293 e. The summed E-state index contributed by atoms with van der Waals surface area (Å²) < 4.78 is 0. The zero-order valence-electron chi connectivity index (χ0n) is 8.57. The lowest BCUT2D eigenvalue weighted by atomic mass is 10.1. The first-order chi connectivity index (χ1) is 7.15. The molecule has 1 atom stereocenters. The molecule has 0 aliphatic rings. The third-order valence-electron chi connectivity index (χ3n) is 1.87. The van der Waals surface area contributed by atoms with Crippen LogP contribution in [0.4, 0.5) is 0 Å². The van der Waals surface area contributed by atoms with Gasteiger partial charge in [0.05, 0.1) is 4.83 Å². The molecule has 0 aliphatic heterocycles. The Balaban J connectivity index is 2.71. The number of rotatable bonds is 5. The molecule has 0 fully saturated rings. The Bertz CT molecular complexity index is 343. The van der Waals surface area contributed by atoms with E-state index in [0.717, 1.165) is 16.2 Å². The number of hydrogen-bond donors (Lipinski definition) is 0. The fourth-order valence-corrected chi connectivity index (χ4v) is 2.00. The summed E-state index contributed by atoms with van der Waals surface area (Å²) in [6.45, 7) is 5.50. The van der Waals surface area contributed by atoms with Gasteiger partial charge in [-0.05, 0) is 19.1 Å². The van der Waals surface area contributed by atoms with Crippen molar-refractivity contribution < 1.29 is 4.79 Å². The zero-order valence-corrected chi connectivity index (χ0v) is 11.0. The van der Waals surface area contributed by atoms with Crippen LogP contribution >= 0.6 is 27.7 Å². The van der Waals surface area contributed by atoms with Gasteiger partial charge in [-0.3, -0.25) is 4.79 Å². The van der Waals surface area contributed by atoms with Crippen molar-refractivity contribution in [2.45, 2.75) is 16.6 Å². The van der Waals surface area contributed by atoms with E-state index < -0.39 is 0 Å². The molecule has 15 heavy (non-hydrogen) atoms. The molecule has 1 aromatic rings. The third kappa shape index (κ3) is 3.84. The minimum absolute atomic E-state index is 0.121. The predicted octanol–water partition coefficient (Wildman–Crippen LogP) is 3.93. The molecule has 0 saturated heterocycles. The van der Waals surface area contributed by atoms with E-state index in [2.05, 4.69) is 22.5 Å². The SMILES string of the molecule is C=CCSc1ccc(C(=O)C(C)Br)cc1. The van der Waals surface area contributed by atoms with Gasteiger partial charge in [-0.15, -0.1) is 18.3 Å². The first-order valence-corrected chi connectivity index (χ1v) is 6.57. The highest BCUT2D eigenvalue weighted by Crippen LogP contribution is 2.19. The number of hydrogen-bond acceptors (Lipinski definition) is 2. The Morgan fingerprint density at radius 2 is 2.13 bits per heavy atom. The quantitative estimate of drug-likeness (QED) is 0.353. The van der Waals surface area contributed by atoms with Crippen LogP contribution in [0.2, 0.25) is 0 Å². The molecular formula is C12H13BrOS. The van der Waals surface area contributed by atoms with Gasteiger partial charge in [-0.2, -0.15) is 0 Å². The summed E-state index contributed by atoms with van der Waals surface area (Å²) in [5, 5.41) is 0. The van der Waals surface area contributed by atoms with Crippen LogP contribution in [0.5, 0.6) is 0 Å². The van der Waals surface area contributed by atoms with Gasteiger partial charge in [0.2, 0.25) is 0 Å². The molecule has 80 valence electrons. The maximum Gasteiger partial charge on any atom is 0.176 e. The van der Waals surface area contributed by atoms with Crippen LogP contribution in [0, 0.1) is 0 Å². The monoisotopic (exact) mass is 284 g/mol. The van der Waals surface area contributed by atoms with Crippen LogP contribution < -0.4 is 0 Å². The molecule has 0 N–H and O–H groups in total. The van der Waals surface area contributed by atoms with Crippen molar-refractivity contribution in [2.24, 2.45) is 0 Å². The summed E-state index contributed by atoms with van der Waals surface area (Å²) in [5.41, 5.74) is 0.752. The molecule has 0 aliphatic carbocycles. The zero-order chi connectivity index (χ0) is 11.3. The number of benzene rings is 1. The van der Waals surface area contributed by atoms with Gasteiger partial charge in [0, 0.05) is 16.2 Å². The summed E-state index contributed by atoms with van der Waals surface area (Å²) in [7, 11) is 0. The highest BCUT2D eigenvalue weighted by molar-refractivity contribution is 9.10. The van der Waals surface area contributed by atoms with Gasteiger partial charge < -0.3 is 0 Å². The highest BCUT2D eigenvalue weighted by Gasteiger charge is 2.10. The maximum atomic E-state index is 11.6. The Labute approximate surface area is 103 Å². The number of thioether (sulfide) groups is 1. The maximum absolute atomic E-state index is 11.6. The molecule has 1 nitrogen and oxygen atoms in total. The first-order valence-electron chi connectivity index (χ1n) is 4.67. The second kappa shape index (κ2) is 6.13. The molecule has 0 saturated carbocycles. The van der Waals surface area contributed by atoms with Gasteiger partial charge in [0.1, 0.15) is 0 Å². The fraction of sp³-hybridized carbons (Fsp3) is 0.250. The third-order valence-corrected chi connectivity index (χ3v) is 3.29. The molecule has 1 unspecified atom stereocenters. The van der Waals surface area contributed by atoms with E-state index in [9.17, 15) is 4.79 Å². The van der Waals surface area contributed by atoms with Crippen molar-refractivity contribution in [3.8, 4) is 0 Å². The minimum atomic E-state index is -0.121. The molecule has 0 amide bonds. The lowest BCUT2D eigenvalue weighted by Gasteiger charge is -2.03. The van der Waals surface area contributed by atoms with E-state index in [0.29, 0.717) is 0 Å². The van der Waals surface area contributed by atoms with Crippen molar-refractivity contribution in [1.82, 2.24) is 0 Å². The van der Waals surface area contributed by atoms with E-state index in [4.69, 9.17) is 0 Å². The standard InChI is InChI=1S/C12H13BrOS/c1-3-8-15-11-6-4-10(5-7-11)12(14)9(2)13/h3-7,9H,1,8H2,2H3. The molecule has 0 radical (unpaired) electrons. The molecule has 1 aromatic carbocycles. The Kier molecular flexibility index (Phi) is 5.12. The van der Waals surface area contributed by atoms with Crippen LogP contribution in [-0.2, 0) is 0 Å². The van der Waals surface area contributed by atoms with Gasteiger partial charge in [0.15, 0.2) is 5.78 Å². The van der Waals surface area contributed by atoms with E-state index in [1.165, 1.54) is 0 Å². The lowest BCUT2D eigenvalue weighted by molar-refractivity contribution is 0.0996. The molecule has 0 heterocycles.